The molecule has 0 saturated heterocycles. The molecule has 1 aromatic rings. The number of aliphatic hydroxyl groups excluding tert-OH is 1. The second-order valence-corrected chi connectivity index (χ2v) is 3.36. The Bertz CT molecular complexity index is 272. The van der Waals surface area contributed by atoms with Gasteiger partial charge in [0.1, 0.15) is 6.10 Å². The Morgan fingerprint density at radius 1 is 1.12 bits per heavy atom. The smallest absolute Gasteiger partial charge is 0.185 e. The maximum atomic E-state index is 9.15. The minimum absolute atomic E-state index is 0.140. The van der Waals surface area contributed by atoms with Crippen LogP contribution in [0.15, 0.2) is 30.3 Å². The number of aliphatic hydroxyl groups is 1. The van der Waals surface area contributed by atoms with Crippen LogP contribution in [0.3, 0.4) is 0 Å². The van der Waals surface area contributed by atoms with Gasteiger partial charge < -0.3 is 19.3 Å². The highest BCUT2D eigenvalue weighted by molar-refractivity contribution is 5.13. The minimum atomic E-state index is -0.547. The molecule has 1 atom stereocenters. The van der Waals surface area contributed by atoms with E-state index in [1.807, 2.05) is 30.3 Å². The highest BCUT2D eigenvalue weighted by Crippen LogP contribution is 2.08. The lowest BCUT2D eigenvalue weighted by Crippen LogP contribution is -2.35. The molecular weight excluding hydrogens is 208 g/mol. The zero-order valence-electron chi connectivity index (χ0n) is 9.63. The van der Waals surface area contributed by atoms with E-state index in [1.54, 1.807) is 0 Å². The van der Waals surface area contributed by atoms with Crippen molar-refractivity contribution in [2.45, 2.75) is 19.0 Å². The monoisotopic (exact) mass is 226 g/mol. The molecule has 1 N–H and O–H groups in total. The Hall–Kier alpha value is -0.940. The first-order chi connectivity index (χ1) is 7.81. The van der Waals surface area contributed by atoms with Gasteiger partial charge in [-0.15, -0.1) is 0 Å². The molecule has 0 aliphatic rings. The van der Waals surface area contributed by atoms with Gasteiger partial charge in [0, 0.05) is 14.2 Å². The Morgan fingerprint density at radius 3 is 2.25 bits per heavy atom. The Balaban J connectivity index is 2.45. The Labute approximate surface area is 95.8 Å². The van der Waals surface area contributed by atoms with Gasteiger partial charge in [0.2, 0.25) is 0 Å². The van der Waals surface area contributed by atoms with Crippen LogP contribution in [0.1, 0.15) is 5.56 Å². The fourth-order valence-electron chi connectivity index (χ4n) is 1.39. The lowest BCUT2D eigenvalue weighted by molar-refractivity contribution is -0.193. The van der Waals surface area contributed by atoms with Crippen molar-refractivity contribution in [2.75, 3.05) is 20.8 Å². The molecule has 16 heavy (non-hydrogen) atoms. The standard InChI is InChI=1S/C12H18O4/c1-14-12(15-2)11(8-13)16-9-10-6-4-3-5-7-10/h3-7,11-13H,8-9H2,1-2H3/t11-/m0/s1. The molecule has 0 saturated carbocycles. The summed E-state index contributed by atoms with van der Waals surface area (Å²) in [6.07, 6.45) is -1.02. The van der Waals surface area contributed by atoms with E-state index >= 15 is 0 Å². The van der Waals surface area contributed by atoms with E-state index in [4.69, 9.17) is 19.3 Å². The lowest BCUT2D eigenvalue weighted by atomic mass is 10.2. The van der Waals surface area contributed by atoms with E-state index in [1.165, 1.54) is 14.2 Å². The third-order valence-electron chi connectivity index (χ3n) is 2.26. The van der Waals surface area contributed by atoms with Gasteiger partial charge in [-0.05, 0) is 5.56 Å². The fraction of sp³-hybridized carbons (Fsp3) is 0.500. The fourth-order valence-corrected chi connectivity index (χ4v) is 1.39. The summed E-state index contributed by atoms with van der Waals surface area (Å²) in [7, 11) is 3.03. The van der Waals surface area contributed by atoms with Crippen molar-refractivity contribution < 1.29 is 19.3 Å². The predicted molar refractivity (Wildman–Crippen MR) is 59.9 cm³/mol. The molecule has 0 heterocycles. The van der Waals surface area contributed by atoms with Gasteiger partial charge in [-0.25, -0.2) is 0 Å². The van der Waals surface area contributed by atoms with Crippen molar-refractivity contribution >= 4 is 0 Å². The lowest BCUT2D eigenvalue weighted by Gasteiger charge is -2.23. The molecule has 0 spiro atoms. The molecule has 4 nitrogen and oxygen atoms in total. The first-order valence-corrected chi connectivity index (χ1v) is 5.13. The van der Waals surface area contributed by atoms with Crippen LogP contribution in [0.5, 0.6) is 0 Å². The maximum absolute atomic E-state index is 9.15. The summed E-state index contributed by atoms with van der Waals surface area (Å²) in [4.78, 5) is 0. The van der Waals surface area contributed by atoms with Crippen LogP contribution in [0.25, 0.3) is 0 Å². The van der Waals surface area contributed by atoms with E-state index in [-0.39, 0.29) is 6.61 Å². The van der Waals surface area contributed by atoms with Crippen molar-refractivity contribution in [1.29, 1.82) is 0 Å². The number of ether oxygens (including phenoxy) is 3. The van der Waals surface area contributed by atoms with Crippen LogP contribution in [-0.2, 0) is 20.8 Å². The second-order valence-electron chi connectivity index (χ2n) is 3.36. The first kappa shape index (κ1) is 13.1. The normalized spacial score (nSPS) is 13.0. The summed E-state index contributed by atoms with van der Waals surface area (Å²) in [5.41, 5.74) is 1.05. The third kappa shape index (κ3) is 3.90. The summed E-state index contributed by atoms with van der Waals surface area (Å²) in [6, 6.07) is 9.75. The largest absolute Gasteiger partial charge is 0.393 e. The molecule has 4 heteroatoms. The molecule has 0 amide bonds. The number of rotatable bonds is 7. The number of methoxy groups -OCH3 is 2. The van der Waals surface area contributed by atoms with E-state index in [9.17, 15) is 0 Å². The van der Waals surface area contributed by atoms with Crippen molar-refractivity contribution in [2.24, 2.45) is 0 Å². The SMILES string of the molecule is COC(OC)[C@H](CO)OCc1ccccc1. The molecule has 1 rings (SSSR count). The first-order valence-electron chi connectivity index (χ1n) is 5.13. The van der Waals surface area contributed by atoms with Gasteiger partial charge in [-0.2, -0.15) is 0 Å². The molecule has 0 aliphatic heterocycles. The van der Waals surface area contributed by atoms with Crippen molar-refractivity contribution in [1.82, 2.24) is 0 Å². The maximum Gasteiger partial charge on any atom is 0.185 e. The molecule has 0 fully saturated rings. The molecular formula is C12H18O4. The number of hydrogen-bond acceptors (Lipinski definition) is 4. The minimum Gasteiger partial charge on any atom is -0.393 e. The van der Waals surface area contributed by atoms with Gasteiger partial charge >= 0.3 is 0 Å². The Kier molecular flexibility index (Phi) is 6.03. The average molecular weight is 226 g/mol. The van der Waals surface area contributed by atoms with Gasteiger partial charge in [0.05, 0.1) is 13.2 Å². The molecule has 1 aromatic carbocycles. The van der Waals surface area contributed by atoms with E-state index < -0.39 is 12.4 Å². The third-order valence-corrected chi connectivity index (χ3v) is 2.26. The van der Waals surface area contributed by atoms with Crippen LogP contribution in [-0.4, -0.2) is 38.3 Å². The number of benzene rings is 1. The van der Waals surface area contributed by atoms with E-state index in [0.29, 0.717) is 6.61 Å². The highest BCUT2D eigenvalue weighted by Gasteiger charge is 2.20. The molecule has 0 aliphatic carbocycles. The van der Waals surface area contributed by atoms with E-state index in [0.717, 1.165) is 5.56 Å². The quantitative estimate of drug-likeness (QED) is 0.709. The summed E-state index contributed by atoms with van der Waals surface area (Å²) >= 11 is 0. The van der Waals surface area contributed by atoms with Gasteiger partial charge in [0.15, 0.2) is 6.29 Å². The summed E-state index contributed by atoms with van der Waals surface area (Å²) in [5, 5.41) is 9.15. The summed E-state index contributed by atoms with van der Waals surface area (Å²) in [6.45, 7) is 0.286. The average Bonchev–Trinajstić information content (AvgIpc) is 2.35. The topological polar surface area (TPSA) is 47.9 Å². The van der Waals surface area contributed by atoms with Crippen molar-refractivity contribution in [3.63, 3.8) is 0 Å². The second kappa shape index (κ2) is 7.35. The van der Waals surface area contributed by atoms with Gasteiger partial charge in [-0.3, -0.25) is 0 Å². The van der Waals surface area contributed by atoms with Gasteiger partial charge in [-0.1, -0.05) is 30.3 Å². The van der Waals surface area contributed by atoms with Gasteiger partial charge in [0.25, 0.3) is 0 Å². The molecule has 0 bridgehead atoms. The molecule has 0 aromatic heterocycles. The molecule has 0 unspecified atom stereocenters. The van der Waals surface area contributed by atoms with Crippen LogP contribution in [0.4, 0.5) is 0 Å². The van der Waals surface area contributed by atoms with Crippen molar-refractivity contribution in [3.05, 3.63) is 35.9 Å². The number of hydrogen-bond donors (Lipinski definition) is 1. The molecule has 90 valence electrons. The predicted octanol–water partition coefficient (Wildman–Crippen LogP) is 1.18. The van der Waals surface area contributed by atoms with Crippen LogP contribution in [0, 0.1) is 0 Å². The van der Waals surface area contributed by atoms with E-state index in [2.05, 4.69) is 0 Å². The molecule has 0 radical (unpaired) electrons. The van der Waals surface area contributed by atoms with Crippen LogP contribution >= 0.6 is 0 Å². The zero-order chi connectivity index (χ0) is 11.8. The zero-order valence-corrected chi connectivity index (χ0v) is 9.63. The summed E-state index contributed by atoms with van der Waals surface area (Å²) < 4.78 is 15.6. The van der Waals surface area contributed by atoms with Crippen LogP contribution in [0.2, 0.25) is 0 Å². The highest BCUT2D eigenvalue weighted by atomic mass is 16.7. The Morgan fingerprint density at radius 2 is 1.75 bits per heavy atom. The van der Waals surface area contributed by atoms with Crippen LogP contribution < -0.4 is 0 Å². The van der Waals surface area contributed by atoms with Crippen molar-refractivity contribution in [3.8, 4) is 0 Å². The summed E-state index contributed by atoms with van der Waals surface area (Å²) in [5.74, 6) is 0.